The molecule has 0 spiro atoms. The molecule has 0 fully saturated rings. The molecule has 0 amide bonds. The predicted molar refractivity (Wildman–Crippen MR) is 76.2 cm³/mol. The van der Waals surface area contributed by atoms with Gasteiger partial charge in [-0.1, -0.05) is 6.07 Å². The molecule has 0 saturated carbocycles. The van der Waals surface area contributed by atoms with Gasteiger partial charge in [0.05, 0.1) is 11.9 Å². The van der Waals surface area contributed by atoms with E-state index in [1.54, 1.807) is 13.3 Å². The Hall–Kier alpha value is -0.680. The van der Waals surface area contributed by atoms with Crippen LogP contribution in [-0.4, -0.2) is 22.3 Å². The lowest BCUT2D eigenvalue weighted by Gasteiger charge is -2.13. The highest BCUT2D eigenvalue weighted by molar-refractivity contribution is 9.10. The summed E-state index contributed by atoms with van der Waals surface area (Å²) >= 11 is 3.42. The number of nitrogens with zero attached hydrogens (tertiary/aromatic N) is 1. The zero-order chi connectivity index (χ0) is 13.1. The lowest BCUT2D eigenvalue weighted by atomic mass is 10.2. The number of rotatable bonds is 3. The van der Waals surface area contributed by atoms with Crippen LogP contribution in [0.1, 0.15) is 26.3 Å². The Morgan fingerprint density at radius 3 is 2.59 bits per heavy atom. The molecule has 0 aliphatic carbocycles. The molecule has 17 heavy (non-hydrogen) atoms. The Kier molecular flexibility index (Phi) is 4.89. The van der Waals surface area contributed by atoms with Crippen molar-refractivity contribution in [2.24, 2.45) is 4.40 Å². The van der Waals surface area contributed by atoms with Crippen LogP contribution >= 0.6 is 15.9 Å². The van der Waals surface area contributed by atoms with Crippen molar-refractivity contribution in [1.82, 2.24) is 0 Å². The van der Waals surface area contributed by atoms with Gasteiger partial charge in [0.2, 0.25) is 0 Å². The minimum atomic E-state index is -1.26. The van der Waals surface area contributed by atoms with E-state index in [9.17, 15) is 4.21 Å². The Balaban J connectivity index is 3.03. The largest absolute Gasteiger partial charge is 0.496 e. The number of benzene rings is 1. The van der Waals surface area contributed by atoms with Gasteiger partial charge in [-0.25, -0.2) is 4.21 Å². The maximum absolute atomic E-state index is 11.8. The fraction of sp³-hybridized carbons (Fsp3) is 0.417. The fourth-order valence-electron chi connectivity index (χ4n) is 1.08. The minimum absolute atomic E-state index is 0.356. The van der Waals surface area contributed by atoms with Crippen LogP contribution in [0.5, 0.6) is 5.75 Å². The molecule has 94 valence electrons. The summed E-state index contributed by atoms with van der Waals surface area (Å²) in [6, 6.07) is 5.61. The van der Waals surface area contributed by atoms with Gasteiger partial charge in [-0.3, -0.25) is 0 Å². The van der Waals surface area contributed by atoms with Crippen molar-refractivity contribution >= 4 is 33.1 Å². The summed E-state index contributed by atoms with van der Waals surface area (Å²) in [5.41, 5.74) is 0.799. The molecule has 1 unspecified atom stereocenters. The third-order valence-corrected chi connectivity index (χ3v) is 4.07. The smallest absolute Gasteiger partial charge is 0.144 e. The molecule has 5 heteroatoms. The number of hydrogen-bond donors (Lipinski definition) is 0. The molecule has 0 aliphatic rings. The average molecular weight is 318 g/mol. The highest BCUT2D eigenvalue weighted by Gasteiger charge is 2.18. The van der Waals surface area contributed by atoms with E-state index in [1.807, 2.05) is 39.0 Å². The van der Waals surface area contributed by atoms with Crippen LogP contribution < -0.4 is 4.74 Å². The molecule has 1 aromatic carbocycles. The molecular weight excluding hydrogens is 302 g/mol. The van der Waals surface area contributed by atoms with E-state index in [4.69, 9.17) is 4.74 Å². The standard InChI is InChI=1S/C12H16BrNO2S/c1-12(2,3)17(15)14-8-9-10(13)6-5-7-11(9)16-4/h5-8H,1-4H3. The maximum atomic E-state index is 11.8. The first-order chi connectivity index (χ1) is 7.86. The van der Waals surface area contributed by atoms with E-state index >= 15 is 0 Å². The molecule has 0 heterocycles. The number of hydrogen-bond acceptors (Lipinski definition) is 2. The van der Waals surface area contributed by atoms with E-state index in [0.29, 0.717) is 5.75 Å². The third kappa shape index (κ3) is 3.92. The van der Waals surface area contributed by atoms with Crippen LogP contribution in [0.25, 0.3) is 0 Å². The van der Waals surface area contributed by atoms with Crippen molar-refractivity contribution in [2.45, 2.75) is 25.5 Å². The van der Waals surface area contributed by atoms with Crippen LogP contribution in [0, 0.1) is 0 Å². The van der Waals surface area contributed by atoms with Gasteiger partial charge in [-0.2, -0.15) is 4.40 Å². The maximum Gasteiger partial charge on any atom is 0.144 e. The highest BCUT2D eigenvalue weighted by atomic mass is 79.9. The van der Waals surface area contributed by atoms with E-state index < -0.39 is 11.0 Å². The number of halogens is 1. The molecular formula is C12H16BrNO2S. The van der Waals surface area contributed by atoms with Crippen molar-refractivity contribution in [3.8, 4) is 5.75 Å². The monoisotopic (exact) mass is 317 g/mol. The highest BCUT2D eigenvalue weighted by Crippen LogP contribution is 2.25. The van der Waals surface area contributed by atoms with Crippen molar-refractivity contribution in [3.63, 3.8) is 0 Å². The van der Waals surface area contributed by atoms with Crippen LogP contribution in [0.3, 0.4) is 0 Å². The topological polar surface area (TPSA) is 38.7 Å². The summed E-state index contributed by atoms with van der Waals surface area (Å²) in [6.45, 7) is 5.66. The molecule has 0 N–H and O–H groups in total. The van der Waals surface area contributed by atoms with Gasteiger partial charge in [-0.05, 0) is 48.8 Å². The lowest BCUT2D eigenvalue weighted by molar-refractivity contribution is 0.414. The second kappa shape index (κ2) is 5.78. The zero-order valence-electron chi connectivity index (χ0n) is 10.4. The van der Waals surface area contributed by atoms with Gasteiger partial charge in [0.25, 0.3) is 0 Å². The molecule has 0 saturated heterocycles. The molecule has 1 rings (SSSR count). The molecule has 0 aliphatic heterocycles. The van der Waals surface area contributed by atoms with E-state index in [1.165, 1.54) is 0 Å². The molecule has 0 bridgehead atoms. The lowest BCUT2D eigenvalue weighted by Crippen LogP contribution is -2.19. The van der Waals surface area contributed by atoms with Crippen LogP contribution in [0.15, 0.2) is 27.1 Å². The Bertz CT molecular complexity index is 452. The Labute approximate surface area is 113 Å². The van der Waals surface area contributed by atoms with E-state index in [0.717, 1.165) is 10.0 Å². The second-order valence-corrected chi connectivity index (χ2v) is 7.24. The first-order valence-electron chi connectivity index (χ1n) is 5.15. The number of ether oxygens (including phenoxy) is 1. The fourth-order valence-corrected chi connectivity index (χ4v) is 2.05. The van der Waals surface area contributed by atoms with Gasteiger partial charge in [0.15, 0.2) is 0 Å². The first kappa shape index (κ1) is 14.4. The molecule has 1 aromatic rings. The zero-order valence-corrected chi connectivity index (χ0v) is 12.8. The minimum Gasteiger partial charge on any atom is -0.496 e. The van der Waals surface area contributed by atoms with Crippen molar-refractivity contribution < 1.29 is 8.95 Å². The molecule has 0 aromatic heterocycles. The van der Waals surface area contributed by atoms with Gasteiger partial charge in [0.1, 0.15) is 16.7 Å². The normalized spacial score (nSPS) is 13.9. The van der Waals surface area contributed by atoms with E-state index in [-0.39, 0.29) is 4.75 Å². The second-order valence-electron chi connectivity index (χ2n) is 4.45. The summed E-state index contributed by atoms with van der Waals surface area (Å²) in [5, 5.41) is 0. The average Bonchev–Trinajstić information content (AvgIpc) is 2.25. The molecule has 0 radical (unpaired) electrons. The van der Waals surface area contributed by atoms with E-state index in [2.05, 4.69) is 20.3 Å². The summed E-state index contributed by atoms with van der Waals surface area (Å²) < 4.78 is 21.6. The molecule has 1 atom stereocenters. The van der Waals surface area contributed by atoms with Crippen LogP contribution in [0.4, 0.5) is 0 Å². The Morgan fingerprint density at radius 2 is 2.06 bits per heavy atom. The predicted octanol–water partition coefficient (Wildman–Crippen LogP) is 3.34. The van der Waals surface area contributed by atoms with Gasteiger partial charge in [-0.15, -0.1) is 0 Å². The molecule has 3 nitrogen and oxygen atoms in total. The van der Waals surface area contributed by atoms with Crippen molar-refractivity contribution in [3.05, 3.63) is 28.2 Å². The van der Waals surface area contributed by atoms with Crippen molar-refractivity contribution in [1.29, 1.82) is 0 Å². The summed E-state index contributed by atoms with van der Waals surface area (Å²) in [6.07, 6.45) is 1.59. The Morgan fingerprint density at radius 1 is 1.41 bits per heavy atom. The summed E-state index contributed by atoms with van der Waals surface area (Å²) in [7, 11) is 0.334. The van der Waals surface area contributed by atoms with Gasteiger partial charge >= 0.3 is 0 Å². The first-order valence-corrected chi connectivity index (χ1v) is 7.05. The summed E-state index contributed by atoms with van der Waals surface area (Å²) in [4.78, 5) is 0. The van der Waals surface area contributed by atoms with Gasteiger partial charge in [0, 0.05) is 16.3 Å². The summed E-state index contributed by atoms with van der Waals surface area (Å²) in [5.74, 6) is 0.703. The number of methoxy groups -OCH3 is 1. The van der Waals surface area contributed by atoms with Gasteiger partial charge < -0.3 is 4.74 Å². The third-order valence-electron chi connectivity index (χ3n) is 2.03. The van der Waals surface area contributed by atoms with Crippen molar-refractivity contribution in [2.75, 3.05) is 7.11 Å². The van der Waals surface area contributed by atoms with Crippen LogP contribution in [-0.2, 0) is 11.0 Å². The van der Waals surface area contributed by atoms with Crippen LogP contribution in [0.2, 0.25) is 0 Å². The quantitative estimate of drug-likeness (QED) is 0.802. The SMILES string of the molecule is COc1cccc(Br)c1C=NS(=O)C(C)(C)C.